The molecule has 1 fully saturated rings. The number of para-hydroxylation sites is 1. The highest BCUT2D eigenvalue weighted by Crippen LogP contribution is 2.33. The molecular formula is C20H18N2O3. The first-order chi connectivity index (χ1) is 12.0. The van der Waals surface area contributed by atoms with Crippen molar-refractivity contribution in [3.05, 3.63) is 53.8 Å². The molecule has 0 bridgehead atoms. The molecule has 3 aromatic rings. The lowest BCUT2D eigenvalue weighted by Crippen LogP contribution is -2.23. The summed E-state index contributed by atoms with van der Waals surface area (Å²) in [6.45, 7) is 4.81. The van der Waals surface area contributed by atoms with Crippen molar-refractivity contribution < 1.29 is 14.3 Å². The Kier molecular flexibility index (Phi) is 3.39. The summed E-state index contributed by atoms with van der Waals surface area (Å²) in [6.07, 6.45) is -0.636. The molecule has 0 radical (unpaired) electrons. The second kappa shape index (κ2) is 5.48. The van der Waals surface area contributed by atoms with Gasteiger partial charge in [-0.25, -0.2) is 9.69 Å². The maximum atomic E-state index is 12.2. The predicted octanol–water partition coefficient (Wildman–Crippen LogP) is 4.15. The van der Waals surface area contributed by atoms with E-state index in [2.05, 4.69) is 35.8 Å². The molecule has 0 N–H and O–H groups in total. The zero-order valence-electron chi connectivity index (χ0n) is 14.4. The molecule has 0 atom stereocenters. The molecule has 2 amide bonds. The number of carbonyl (C=O) groups is 2. The van der Waals surface area contributed by atoms with Gasteiger partial charge in [0.25, 0.3) is 5.91 Å². The Balaban J connectivity index is 1.95. The average Bonchev–Trinajstić information content (AvgIpc) is 3.09. The summed E-state index contributed by atoms with van der Waals surface area (Å²) in [5, 5.41) is 2.30. The van der Waals surface area contributed by atoms with Crippen LogP contribution in [0.3, 0.4) is 0 Å². The molecule has 25 heavy (non-hydrogen) atoms. The van der Waals surface area contributed by atoms with Crippen LogP contribution in [0.5, 0.6) is 0 Å². The molecule has 0 aliphatic carbocycles. The average molecular weight is 334 g/mol. The number of benzene rings is 2. The van der Waals surface area contributed by atoms with Crippen molar-refractivity contribution in [3.8, 4) is 0 Å². The number of aryl methyl sites for hydroxylation is 1. The number of aromatic nitrogens is 1. The van der Waals surface area contributed by atoms with Crippen LogP contribution in [0.2, 0.25) is 0 Å². The van der Waals surface area contributed by atoms with Gasteiger partial charge in [-0.05, 0) is 37.6 Å². The second-order valence-electron chi connectivity index (χ2n) is 6.18. The minimum atomic E-state index is -0.636. The Labute approximate surface area is 145 Å². The lowest BCUT2D eigenvalue weighted by molar-refractivity contribution is -0.122. The van der Waals surface area contributed by atoms with E-state index in [1.54, 1.807) is 6.92 Å². The van der Waals surface area contributed by atoms with Crippen LogP contribution in [0.4, 0.5) is 4.79 Å². The van der Waals surface area contributed by atoms with E-state index < -0.39 is 12.0 Å². The fraction of sp³-hybridized carbons (Fsp3) is 0.200. The number of allylic oxidation sites excluding steroid dienone is 1. The zero-order valence-corrected chi connectivity index (χ0v) is 14.4. The minimum Gasteiger partial charge on any atom is -0.404 e. The smallest absolute Gasteiger partial charge is 0.404 e. The van der Waals surface area contributed by atoms with Crippen molar-refractivity contribution in [3.63, 3.8) is 0 Å². The highest BCUT2D eigenvalue weighted by Gasteiger charge is 2.35. The van der Waals surface area contributed by atoms with Crippen LogP contribution in [0, 0.1) is 0 Å². The van der Waals surface area contributed by atoms with Gasteiger partial charge < -0.3 is 9.30 Å². The third-order valence-electron chi connectivity index (χ3n) is 4.82. The largest absolute Gasteiger partial charge is 0.422 e. The van der Waals surface area contributed by atoms with E-state index in [1.807, 2.05) is 18.2 Å². The van der Waals surface area contributed by atoms with Gasteiger partial charge in [-0.3, -0.25) is 4.79 Å². The lowest BCUT2D eigenvalue weighted by atomic mass is 10.0. The second-order valence-corrected chi connectivity index (χ2v) is 6.18. The van der Waals surface area contributed by atoms with E-state index in [4.69, 9.17) is 4.74 Å². The van der Waals surface area contributed by atoms with Crippen molar-refractivity contribution in [2.45, 2.75) is 20.4 Å². The third-order valence-corrected chi connectivity index (χ3v) is 4.82. The molecule has 0 unspecified atom stereocenters. The van der Waals surface area contributed by atoms with Gasteiger partial charge in [-0.15, -0.1) is 0 Å². The van der Waals surface area contributed by atoms with Crippen LogP contribution in [-0.4, -0.2) is 28.5 Å². The standard InChI is InChI=1S/C20H18N2O3/c1-4-22-16-8-6-5-7-14(16)15-11-13(9-10-17(15)22)12(2)18-19(23)21(3)20(24)25-18/h5-11H,4H2,1-3H3. The fourth-order valence-corrected chi connectivity index (χ4v) is 3.43. The van der Waals surface area contributed by atoms with Gasteiger partial charge in [0, 0.05) is 41.0 Å². The Morgan fingerprint density at radius 2 is 1.76 bits per heavy atom. The Hall–Kier alpha value is -3.08. The number of hydrogen-bond acceptors (Lipinski definition) is 3. The van der Waals surface area contributed by atoms with Crippen molar-refractivity contribution in [1.82, 2.24) is 9.47 Å². The van der Waals surface area contributed by atoms with Crippen LogP contribution in [0.1, 0.15) is 19.4 Å². The van der Waals surface area contributed by atoms with Gasteiger partial charge in [0.1, 0.15) is 0 Å². The normalized spacial score (nSPS) is 16.8. The van der Waals surface area contributed by atoms with Crippen LogP contribution >= 0.6 is 0 Å². The molecule has 1 aromatic heterocycles. The Morgan fingerprint density at radius 3 is 2.44 bits per heavy atom. The number of nitrogens with zero attached hydrogens (tertiary/aromatic N) is 2. The van der Waals surface area contributed by atoms with E-state index in [9.17, 15) is 9.59 Å². The molecule has 2 aromatic carbocycles. The maximum absolute atomic E-state index is 12.2. The molecule has 1 saturated heterocycles. The number of likely N-dealkylation sites (N-methyl/N-ethyl adjacent to an activating group) is 1. The van der Waals surface area contributed by atoms with E-state index in [-0.39, 0.29) is 5.76 Å². The Morgan fingerprint density at radius 1 is 1.04 bits per heavy atom. The van der Waals surface area contributed by atoms with Crippen LogP contribution < -0.4 is 0 Å². The number of imide groups is 1. The van der Waals surface area contributed by atoms with Crippen molar-refractivity contribution in [2.24, 2.45) is 0 Å². The molecule has 126 valence electrons. The van der Waals surface area contributed by atoms with E-state index >= 15 is 0 Å². The number of fused-ring (bicyclic) bond motifs is 3. The van der Waals surface area contributed by atoms with Crippen LogP contribution in [0.25, 0.3) is 27.4 Å². The van der Waals surface area contributed by atoms with Gasteiger partial charge in [0.15, 0.2) is 0 Å². The molecule has 4 rings (SSSR count). The monoisotopic (exact) mass is 334 g/mol. The van der Waals surface area contributed by atoms with Gasteiger partial charge in [0.2, 0.25) is 5.76 Å². The lowest BCUT2D eigenvalue weighted by Gasteiger charge is -2.06. The summed E-state index contributed by atoms with van der Waals surface area (Å²) in [5.74, 6) is -0.301. The number of amides is 2. The number of ether oxygens (including phenoxy) is 1. The molecule has 2 heterocycles. The molecule has 0 saturated carbocycles. The van der Waals surface area contributed by atoms with Crippen molar-refractivity contribution in [2.75, 3.05) is 7.05 Å². The summed E-state index contributed by atoms with van der Waals surface area (Å²) in [5.41, 5.74) is 3.87. The van der Waals surface area contributed by atoms with Gasteiger partial charge >= 0.3 is 6.09 Å². The van der Waals surface area contributed by atoms with Crippen LogP contribution in [0.15, 0.2) is 48.2 Å². The zero-order chi connectivity index (χ0) is 17.7. The SMILES string of the molecule is CCn1c2ccccc2c2cc(C(C)=C3OC(=O)N(C)C3=O)ccc21. The molecule has 0 spiro atoms. The molecule has 1 aliphatic rings. The first-order valence-corrected chi connectivity index (χ1v) is 8.25. The summed E-state index contributed by atoms with van der Waals surface area (Å²) in [6, 6.07) is 14.4. The predicted molar refractivity (Wildman–Crippen MR) is 97.0 cm³/mol. The van der Waals surface area contributed by atoms with Gasteiger partial charge in [-0.1, -0.05) is 24.3 Å². The van der Waals surface area contributed by atoms with E-state index in [0.29, 0.717) is 5.57 Å². The molecule has 5 nitrogen and oxygen atoms in total. The summed E-state index contributed by atoms with van der Waals surface area (Å²) in [4.78, 5) is 24.8. The third kappa shape index (κ3) is 2.16. The Bertz CT molecular complexity index is 1080. The molecule has 5 heteroatoms. The number of hydrogen-bond donors (Lipinski definition) is 0. The van der Waals surface area contributed by atoms with Crippen LogP contribution in [-0.2, 0) is 16.1 Å². The van der Waals surface area contributed by atoms with E-state index in [0.717, 1.165) is 27.9 Å². The molecular weight excluding hydrogens is 316 g/mol. The van der Waals surface area contributed by atoms with Gasteiger partial charge in [-0.2, -0.15) is 0 Å². The summed E-state index contributed by atoms with van der Waals surface area (Å²) >= 11 is 0. The number of cyclic esters (lactones) is 1. The quantitative estimate of drug-likeness (QED) is 0.661. The number of rotatable bonds is 2. The topological polar surface area (TPSA) is 51.5 Å². The maximum Gasteiger partial charge on any atom is 0.422 e. The van der Waals surface area contributed by atoms with Crippen molar-refractivity contribution >= 4 is 39.4 Å². The molecule has 1 aliphatic heterocycles. The van der Waals surface area contributed by atoms with Gasteiger partial charge in [0.05, 0.1) is 0 Å². The number of carbonyl (C=O) groups excluding carboxylic acids is 2. The highest BCUT2D eigenvalue weighted by atomic mass is 16.6. The fourth-order valence-electron chi connectivity index (χ4n) is 3.43. The van der Waals surface area contributed by atoms with E-state index in [1.165, 1.54) is 18.0 Å². The first kappa shape index (κ1) is 15.4. The van der Waals surface area contributed by atoms with Crippen molar-refractivity contribution in [1.29, 1.82) is 0 Å². The summed E-state index contributed by atoms with van der Waals surface area (Å²) in [7, 11) is 1.42. The highest BCUT2D eigenvalue weighted by molar-refractivity contribution is 6.12. The summed E-state index contributed by atoms with van der Waals surface area (Å²) < 4.78 is 7.41. The minimum absolute atomic E-state index is 0.103. The first-order valence-electron chi connectivity index (χ1n) is 8.25.